The summed E-state index contributed by atoms with van der Waals surface area (Å²) in [6.07, 6.45) is -0.340. The lowest BCUT2D eigenvalue weighted by atomic mass is 10.1. The first-order chi connectivity index (χ1) is 8.81. The average Bonchev–Trinajstić information content (AvgIpc) is 2.29. The van der Waals surface area contributed by atoms with Crippen molar-refractivity contribution in [2.45, 2.75) is 39.3 Å². The van der Waals surface area contributed by atoms with E-state index in [4.69, 9.17) is 23.2 Å². The third-order valence-electron chi connectivity index (χ3n) is 2.76. The molecule has 0 aliphatic carbocycles. The first-order valence-electron chi connectivity index (χ1n) is 6.22. The molecule has 1 rings (SSSR count). The van der Waals surface area contributed by atoms with Gasteiger partial charge in [0.05, 0.1) is 12.5 Å². The zero-order valence-electron chi connectivity index (χ0n) is 11.4. The van der Waals surface area contributed by atoms with Crippen LogP contribution in [0.3, 0.4) is 0 Å². The Morgan fingerprint density at radius 1 is 1.32 bits per heavy atom. The number of nitrogens with zero attached hydrogens (tertiary/aromatic N) is 1. The molecule has 106 valence electrons. The van der Waals surface area contributed by atoms with Crippen LogP contribution >= 0.6 is 23.2 Å². The minimum atomic E-state index is -0.549. The third kappa shape index (κ3) is 5.01. The fourth-order valence-electron chi connectivity index (χ4n) is 1.81. The van der Waals surface area contributed by atoms with E-state index in [0.717, 1.165) is 5.56 Å². The zero-order valence-corrected chi connectivity index (χ0v) is 12.9. The number of hydrogen-bond donors (Lipinski definition) is 1. The van der Waals surface area contributed by atoms with Gasteiger partial charge < -0.3 is 10.0 Å². The van der Waals surface area contributed by atoms with E-state index in [-0.39, 0.29) is 18.4 Å². The maximum absolute atomic E-state index is 12.2. The van der Waals surface area contributed by atoms with Gasteiger partial charge in [-0.3, -0.25) is 4.79 Å². The largest absolute Gasteiger partial charge is 0.392 e. The summed E-state index contributed by atoms with van der Waals surface area (Å²) in [4.78, 5) is 13.9. The van der Waals surface area contributed by atoms with Crippen LogP contribution in [0.4, 0.5) is 0 Å². The number of rotatable bonds is 5. The predicted octanol–water partition coefficient (Wildman–Crippen LogP) is 3.15. The Bertz CT molecular complexity index is 447. The molecule has 0 saturated carbocycles. The molecule has 1 atom stereocenters. The first-order valence-corrected chi connectivity index (χ1v) is 6.98. The Morgan fingerprint density at radius 3 is 2.42 bits per heavy atom. The van der Waals surface area contributed by atoms with Gasteiger partial charge in [0.15, 0.2) is 0 Å². The van der Waals surface area contributed by atoms with E-state index in [9.17, 15) is 9.90 Å². The van der Waals surface area contributed by atoms with E-state index in [2.05, 4.69) is 0 Å². The highest BCUT2D eigenvalue weighted by atomic mass is 35.5. The van der Waals surface area contributed by atoms with Crippen LogP contribution in [0, 0.1) is 0 Å². The van der Waals surface area contributed by atoms with Crippen molar-refractivity contribution in [3.05, 3.63) is 33.8 Å². The van der Waals surface area contributed by atoms with Crippen LogP contribution in [-0.2, 0) is 11.2 Å². The summed E-state index contributed by atoms with van der Waals surface area (Å²) in [5, 5.41) is 10.5. The van der Waals surface area contributed by atoms with Crippen molar-refractivity contribution < 1.29 is 9.90 Å². The van der Waals surface area contributed by atoms with E-state index in [0.29, 0.717) is 16.6 Å². The van der Waals surface area contributed by atoms with Gasteiger partial charge in [0.2, 0.25) is 5.91 Å². The Kier molecular flexibility index (Phi) is 6.11. The molecular weight excluding hydrogens is 285 g/mol. The van der Waals surface area contributed by atoms with Gasteiger partial charge in [-0.2, -0.15) is 0 Å². The maximum Gasteiger partial charge on any atom is 0.227 e. The molecule has 19 heavy (non-hydrogen) atoms. The summed E-state index contributed by atoms with van der Waals surface area (Å²) >= 11 is 11.9. The Labute approximate surface area is 124 Å². The van der Waals surface area contributed by atoms with Gasteiger partial charge >= 0.3 is 0 Å². The molecule has 1 aromatic rings. The fraction of sp³-hybridized carbons (Fsp3) is 0.500. The number of halogens is 2. The van der Waals surface area contributed by atoms with Crippen molar-refractivity contribution in [3.8, 4) is 0 Å². The molecule has 3 nitrogen and oxygen atoms in total. The van der Waals surface area contributed by atoms with Gasteiger partial charge in [0.25, 0.3) is 0 Å². The average molecular weight is 304 g/mol. The van der Waals surface area contributed by atoms with Crippen LogP contribution in [0.5, 0.6) is 0 Å². The molecule has 0 bridgehead atoms. The van der Waals surface area contributed by atoms with Crippen LogP contribution < -0.4 is 0 Å². The summed E-state index contributed by atoms with van der Waals surface area (Å²) < 4.78 is 0. The summed E-state index contributed by atoms with van der Waals surface area (Å²) in [5.74, 6) is -0.0554. The lowest BCUT2D eigenvalue weighted by Gasteiger charge is -2.28. The standard InChI is InChI=1S/C14H19Cl2NO2/c1-9(2)17(8-10(3)18)14(19)6-11-4-5-12(15)7-13(11)16/h4-5,7,9-10,18H,6,8H2,1-3H3. The van der Waals surface area contributed by atoms with Crippen molar-refractivity contribution in [1.29, 1.82) is 0 Å². The topological polar surface area (TPSA) is 40.5 Å². The molecule has 0 spiro atoms. The summed E-state index contributed by atoms with van der Waals surface area (Å²) in [6, 6.07) is 5.13. The quantitative estimate of drug-likeness (QED) is 0.908. The summed E-state index contributed by atoms with van der Waals surface area (Å²) in [5.41, 5.74) is 0.743. The van der Waals surface area contributed by atoms with Gasteiger partial charge in [0.1, 0.15) is 0 Å². The molecule has 5 heteroatoms. The van der Waals surface area contributed by atoms with Crippen molar-refractivity contribution in [1.82, 2.24) is 4.90 Å². The van der Waals surface area contributed by atoms with Crippen molar-refractivity contribution >= 4 is 29.1 Å². The molecule has 0 saturated heterocycles. The second-order valence-electron chi connectivity index (χ2n) is 4.90. The number of aliphatic hydroxyl groups is 1. The second kappa shape index (κ2) is 7.13. The molecule has 0 aliphatic rings. The molecule has 1 aromatic carbocycles. The van der Waals surface area contributed by atoms with Crippen molar-refractivity contribution in [2.24, 2.45) is 0 Å². The fourth-order valence-corrected chi connectivity index (χ4v) is 2.29. The monoisotopic (exact) mass is 303 g/mol. The van der Waals surface area contributed by atoms with Gasteiger partial charge in [-0.05, 0) is 38.5 Å². The molecule has 0 fully saturated rings. The molecule has 0 aliphatic heterocycles. The minimum Gasteiger partial charge on any atom is -0.392 e. The van der Waals surface area contributed by atoms with Gasteiger partial charge in [-0.1, -0.05) is 29.3 Å². The molecule has 0 heterocycles. The first kappa shape index (κ1) is 16.3. The SMILES string of the molecule is CC(O)CN(C(=O)Cc1ccc(Cl)cc1Cl)C(C)C. The maximum atomic E-state index is 12.2. The molecular formula is C14H19Cl2NO2. The third-order valence-corrected chi connectivity index (χ3v) is 3.35. The van der Waals surface area contributed by atoms with Crippen LogP contribution in [0.1, 0.15) is 26.3 Å². The highest BCUT2D eigenvalue weighted by Crippen LogP contribution is 2.22. The molecule has 1 N–H and O–H groups in total. The number of benzene rings is 1. The number of aliphatic hydroxyl groups excluding tert-OH is 1. The number of amides is 1. The Balaban J connectivity index is 2.81. The van der Waals surface area contributed by atoms with Crippen LogP contribution in [0.15, 0.2) is 18.2 Å². The van der Waals surface area contributed by atoms with Crippen LogP contribution in [0.25, 0.3) is 0 Å². The highest BCUT2D eigenvalue weighted by molar-refractivity contribution is 6.35. The van der Waals surface area contributed by atoms with Crippen molar-refractivity contribution in [2.75, 3.05) is 6.54 Å². The van der Waals surface area contributed by atoms with Gasteiger partial charge in [-0.15, -0.1) is 0 Å². The molecule has 1 amide bonds. The lowest BCUT2D eigenvalue weighted by molar-refractivity contribution is -0.133. The Morgan fingerprint density at radius 2 is 1.95 bits per heavy atom. The van der Waals surface area contributed by atoms with Crippen LogP contribution in [0.2, 0.25) is 10.0 Å². The molecule has 1 unspecified atom stereocenters. The smallest absolute Gasteiger partial charge is 0.227 e. The zero-order chi connectivity index (χ0) is 14.6. The van der Waals surface area contributed by atoms with E-state index >= 15 is 0 Å². The predicted molar refractivity (Wildman–Crippen MR) is 78.7 cm³/mol. The molecule has 0 aromatic heterocycles. The van der Waals surface area contributed by atoms with Gasteiger partial charge in [0, 0.05) is 22.6 Å². The summed E-state index contributed by atoms with van der Waals surface area (Å²) in [7, 11) is 0. The van der Waals surface area contributed by atoms with Gasteiger partial charge in [-0.25, -0.2) is 0 Å². The normalized spacial score (nSPS) is 12.6. The van der Waals surface area contributed by atoms with E-state index < -0.39 is 6.10 Å². The Hall–Kier alpha value is -0.770. The number of hydrogen-bond acceptors (Lipinski definition) is 2. The second-order valence-corrected chi connectivity index (χ2v) is 5.75. The van der Waals surface area contributed by atoms with E-state index in [1.165, 1.54) is 0 Å². The minimum absolute atomic E-state index is 0.0353. The number of carbonyl (C=O) groups is 1. The van der Waals surface area contributed by atoms with Crippen molar-refractivity contribution in [3.63, 3.8) is 0 Å². The lowest BCUT2D eigenvalue weighted by Crippen LogP contribution is -2.42. The van der Waals surface area contributed by atoms with E-state index in [1.54, 1.807) is 30.0 Å². The molecule has 0 radical (unpaired) electrons. The van der Waals surface area contributed by atoms with Crippen LogP contribution in [-0.4, -0.2) is 34.6 Å². The van der Waals surface area contributed by atoms with E-state index in [1.807, 2.05) is 13.8 Å². The summed E-state index contributed by atoms with van der Waals surface area (Å²) in [6.45, 7) is 5.83. The highest BCUT2D eigenvalue weighted by Gasteiger charge is 2.19. The number of carbonyl (C=O) groups excluding carboxylic acids is 1.